The van der Waals surface area contributed by atoms with Crippen LogP contribution in [0.4, 0.5) is 0 Å². The van der Waals surface area contributed by atoms with E-state index in [2.05, 4.69) is 20.8 Å². The summed E-state index contributed by atoms with van der Waals surface area (Å²) < 4.78 is 5.47. The number of carbonyl (C=O) groups is 1. The maximum absolute atomic E-state index is 11.4. The third-order valence-corrected chi connectivity index (χ3v) is 12.6. The second kappa shape index (κ2) is 23.1. The maximum atomic E-state index is 11.4. The summed E-state index contributed by atoms with van der Waals surface area (Å²) in [5, 5.41) is 0. The minimum absolute atomic E-state index is 0.0957. The van der Waals surface area contributed by atoms with Crippen molar-refractivity contribution in [1.29, 1.82) is 0 Å². The Bertz CT molecular complexity index is 342. The van der Waals surface area contributed by atoms with Gasteiger partial charge in [0.25, 0.3) is 0 Å². The van der Waals surface area contributed by atoms with Crippen LogP contribution in [0.15, 0.2) is 0 Å². The molecule has 0 amide bonds. The number of carbonyl (C=O) groups excluding carboxylic acids is 1. The first-order chi connectivity index (χ1) is 15.1. The van der Waals surface area contributed by atoms with Crippen LogP contribution in [0.3, 0.4) is 0 Å². The molecule has 0 aliphatic heterocycles. The van der Waals surface area contributed by atoms with E-state index in [0.29, 0.717) is 6.61 Å². The molecule has 0 aromatic heterocycles. The van der Waals surface area contributed by atoms with Gasteiger partial charge in [0, 0.05) is 0 Å². The Balaban J connectivity index is 4.74. The third kappa shape index (κ3) is 20.3. The summed E-state index contributed by atoms with van der Waals surface area (Å²) in [6.45, 7) is 9.15. The first-order valence-corrected chi connectivity index (χ1v) is 17.1. The molecule has 0 aromatic carbocycles. The molecule has 2 nitrogen and oxygen atoms in total. The van der Waals surface area contributed by atoms with Crippen LogP contribution in [0.5, 0.6) is 0 Å². The fourth-order valence-corrected chi connectivity index (χ4v) is 10.0. The molecule has 0 radical (unpaired) electrons. The van der Waals surface area contributed by atoms with Gasteiger partial charge in [0.2, 0.25) is 0 Å². The molecule has 31 heavy (non-hydrogen) atoms. The van der Waals surface area contributed by atoms with Crippen molar-refractivity contribution in [3.05, 3.63) is 0 Å². The fraction of sp³-hybridized carbons (Fsp3) is 0.964. The Morgan fingerprint density at radius 3 is 1.16 bits per heavy atom. The molecular formula is C28H59O2P. The molecule has 0 aliphatic carbocycles. The molecule has 0 saturated carbocycles. The first kappa shape index (κ1) is 30.9. The van der Waals surface area contributed by atoms with Gasteiger partial charge in [0.15, 0.2) is 0 Å². The predicted octanol–water partition coefficient (Wildman–Crippen LogP) is 9.38. The van der Waals surface area contributed by atoms with Crippen molar-refractivity contribution >= 4 is 13.2 Å². The van der Waals surface area contributed by atoms with Crippen LogP contribution in [0.1, 0.15) is 143 Å². The summed E-state index contributed by atoms with van der Waals surface area (Å²) in [7, 11) is -1.35. The summed E-state index contributed by atoms with van der Waals surface area (Å²) in [4.78, 5) is 11.4. The van der Waals surface area contributed by atoms with Crippen LogP contribution in [0.2, 0.25) is 0 Å². The SMILES string of the molecule is CCCCCCCC[PH](CCCCCCCC)(CCCCCCCC)CCOC(C)=O. The molecule has 0 bridgehead atoms. The van der Waals surface area contributed by atoms with Crippen molar-refractivity contribution in [2.75, 3.05) is 31.3 Å². The molecule has 0 atom stereocenters. The van der Waals surface area contributed by atoms with E-state index in [4.69, 9.17) is 4.74 Å². The number of hydrogen-bond donors (Lipinski definition) is 0. The molecule has 0 aliphatic rings. The van der Waals surface area contributed by atoms with Crippen LogP contribution in [-0.2, 0) is 9.53 Å². The second-order valence-electron chi connectivity index (χ2n) is 10.1. The van der Waals surface area contributed by atoms with E-state index in [1.165, 1.54) is 140 Å². The molecule has 0 fully saturated rings. The second-order valence-corrected chi connectivity index (χ2v) is 15.1. The van der Waals surface area contributed by atoms with Crippen molar-refractivity contribution < 1.29 is 9.53 Å². The predicted molar refractivity (Wildman–Crippen MR) is 145 cm³/mol. The van der Waals surface area contributed by atoms with Gasteiger partial charge in [-0.15, -0.1) is 0 Å². The molecule has 3 heteroatoms. The Kier molecular flexibility index (Phi) is 23.0. The Labute approximate surface area is 197 Å². The number of ether oxygens (including phenoxy) is 1. The van der Waals surface area contributed by atoms with Crippen LogP contribution in [-0.4, -0.2) is 37.2 Å². The average Bonchev–Trinajstić information content (AvgIpc) is 2.75. The molecule has 0 unspecified atom stereocenters. The summed E-state index contributed by atoms with van der Waals surface area (Å²) in [5.74, 6) is -0.0957. The monoisotopic (exact) mass is 458 g/mol. The zero-order valence-corrected chi connectivity index (χ0v) is 23.1. The first-order valence-electron chi connectivity index (χ1n) is 14.2. The van der Waals surface area contributed by atoms with Crippen molar-refractivity contribution in [1.82, 2.24) is 0 Å². The van der Waals surface area contributed by atoms with Gasteiger partial charge >= 0.3 is 197 Å². The minimum atomic E-state index is -1.35. The number of esters is 1. The van der Waals surface area contributed by atoms with Gasteiger partial charge in [0.05, 0.1) is 0 Å². The summed E-state index contributed by atoms with van der Waals surface area (Å²) in [6.07, 6.45) is 30.8. The molecule has 0 spiro atoms. The Hall–Kier alpha value is -0.100. The summed E-state index contributed by atoms with van der Waals surface area (Å²) in [5.41, 5.74) is 0. The van der Waals surface area contributed by atoms with E-state index >= 15 is 0 Å². The van der Waals surface area contributed by atoms with Gasteiger partial charge in [-0.05, 0) is 0 Å². The van der Waals surface area contributed by atoms with E-state index in [9.17, 15) is 4.79 Å². The van der Waals surface area contributed by atoms with Crippen molar-refractivity contribution in [3.8, 4) is 0 Å². The van der Waals surface area contributed by atoms with Crippen LogP contribution >= 0.6 is 7.26 Å². The molecule has 0 aromatic rings. The fourth-order valence-electron chi connectivity index (χ4n) is 5.00. The van der Waals surface area contributed by atoms with E-state index in [1.807, 2.05) is 0 Å². The van der Waals surface area contributed by atoms with Gasteiger partial charge in [-0.2, -0.15) is 0 Å². The van der Waals surface area contributed by atoms with Crippen molar-refractivity contribution in [2.45, 2.75) is 143 Å². The molecular weight excluding hydrogens is 399 g/mol. The third-order valence-electron chi connectivity index (χ3n) is 7.12. The zero-order valence-electron chi connectivity index (χ0n) is 22.1. The van der Waals surface area contributed by atoms with Gasteiger partial charge in [0.1, 0.15) is 0 Å². The van der Waals surface area contributed by atoms with E-state index in [0.717, 1.165) is 0 Å². The number of hydrogen-bond acceptors (Lipinski definition) is 2. The quantitative estimate of drug-likeness (QED) is 0.0818. The zero-order chi connectivity index (χ0) is 23.0. The standard InChI is InChI=1S/C28H59O2P/c1-5-8-11-14-17-20-24-31(27-23-30-28(4)29,25-21-18-15-12-9-6-2)26-22-19-16-13-10-7-3/h31H,5-27H2,1-4H3. The molecule has 188 valence electrons. The molecule has 0 heterocycles. The average molecular weight is 459 g/mol. The summed E-state index contributed by atoms with van der Waals surface area (Å²) in [6, 6.07) is 0. The molecule has 0 saturated heterocycles. The number of rotatable bonds is 24. The summed E-state index contributed by atoms with van der Waals surface area (Å²) >= 11 is 0. The van der Waals surface area contributed by atoms with Gasteiger partial charge in [-0.1, -0.05) is 0 Å². The number of unbranched alkanes of at least 4 members (excludes halogenated alkanes) is 15. The Morgan fingerprint density at radius 2 is 0.839 bits per heavy atom. The van der Waals surface area contributed by atoms with E-state index < -0.39 is 7.26 Å². The van der Waals surface area contributed by atoms with E-state index in [1.54, 1.807) is 6.92 Å². The normalized spacial score (nSPS) is 12.3. The van der Waals surface area contributed by atoms with E-state index in [-0.39, 0.29) is 5.97 Å². The van der Waals surface area contributed by atoms with Crippen molar-refractivity contribution in [3.63, 3.8) is 0 Å². The van der Waals surface area contributed by atoms with Crippen LogP contribution in [0, 0.1) is 0 Å². The molecule has 0 rings (SSSR count). The van der Waals surface area contributed by atoms with Gasteiger partial charge in [-0.25, -0.2) is 0 Å². The van der Waals surface area contributed by atoms with Crippen LogP contribution < -0.4 is 0 Å². The van der Waals surface area contributed by atoms with Gasteiger partial charge < -0.3 is 0 Å². The molecule has 0 N–H and O–H groups in total. The van der Waals surface area contributed by atoms with Crippen molar-refractivity contribution in [2.24, 2.45) is 0 Å². The van der Waals surface area contributed by atoms with Gasteiger partial charge in [-0.3, -0.25) is 0 Å². The topological polar surface area (TPSA) is 26.3 Å². The van der Waals surface area contributed by atoms with Crippen LogP contribution in [0.25, 0.3) is 0 Å². The Morgan fingerprint density at radius 1 is 0.516 bits per heavy atom.